The number of nitro benzene ring substituents is 1. The topological polar surface area (TPSA) is 89.7 Å². The van der Waals surface area contributed by atoms with Crippen LogP contribution in [-0.4, -0.2) is 22.9 Å². The molecule has 0 unspecified atom stereocenters. The van der Waals surface area contributed by atoms with Crippen molar-refractivity contribution >= 4 is 40.7 Å². The van der Waals surface area contributed by atoms with Gasteiger partial charge in [-0.2, -0.15) is 0 Å². The number of phenols is 1. The van der Waals surface area contributed by atoms with Crippen molar-refractivity contribution in [3.8, 4) is 11.5 Å². The van der Waals surface area contributed by atoms with Gasteiger partial charge in [0.05, 0.1) is 22.1 Å². The Balaban J connectivity index is 2.39. The van der Waals surface area contributed by atoms with Gasteiger partial charge in [-0.15, -0.1) is 0 Å². The summed E-state index contributed by atoms with van der Waals surface area (Å²) in [6, 6.07) is 4.37. The van der Waals surface area contributed by atoms with E-state index in [0.29, 0.717) is 0 Å². The average Bonchev–Trinajstić information content (AvgIpc) is 2.56. The summed E-state index contributed by atoms with van der Waals surface area (Å²) in [4.78, 5) is 22.3. The van der Waals surface area contributed by atoms with E-state index in [4.69, 9.17) is 27.9 Å². The highest BCUT2D eigenvalue weighted by molar-refractivity contribution is 6.37. The standard InChI is InChI=1S/C16H10Cl2FNO5/c1-25-15-5-8(4-13(16(15)22)20(23)24)2-3-14(21)9-6-12(19)11(18)7-10(9)17/h2-7,22H,1H3/b3-2+. The summed E-state index contributed by atoms with van der Waals surface area (Å²) in [6.45, 7) is 0. The number of rotatable bonds is 5. The van der Waals surface area contributed by atoms with Gasteiger partial charge in [0, 0.05) is 11.6 Å². The minimum absolute atomic E-state index is 0.0321. The van der Waals surface area contributed by atoms with Crippen LogP contribution in [0.4, 0.5) is 10.1 Å². The van der Waals surface area contributed by atoms with E-state index in [1.54, 1.807) is 0 Å². The van der Waals surface area contributed by atoms with E-state index in [1.165, 1.54) is 19.3 Å². The fraction of sp³-hybridized carbons (Fsp3) is 0.0625. The van der Waals surface area contributed by atoms with Crippen molar-refractivity contribution in [1.82, 2.24) is 0 Å². The molecule has 0 aliphatic heterocycles. The number of methoxy groups -OCH3 is 1. The number of ketones is 1. The van der Waals surface area contributed by atoms with Gasteiger partial charge in [0.1, 0.15) is 5.82 Å². The minimum Gasteiger partial charge on any atom is -0.500 e. The third kappa shape index (κ3) is 4.07. The van der Waals surface area contributed by atoms with Gasteiger partial charge >= 0.3 is 5.69 Å². The molecule has 6 nitrogen and oxygen atoms in total. The Labute approximate surface area is 151 Å². The summed E-state index contributed by atoms with van der Waals surface area (Å²) in [6.07, 6.45) is 2.31. The van der Waals surface area contributed by atoms with E-state index in [1.807, 2.05) is 0 Å². The van der Waals surface area contributed by atoms with Crippen LogP contribution in [0.2, 0.25) is 10.0 Å². The maximum absolute atomic E-state index is 13.5. The molecule has 2 rings (SSSR count). The zero-order chi connectivity index (χ0) is 18.7. The van der Waals surface area contributed by atoms with Crippen LogP contribution < -0.4 is 4.74 Å². The van der Waals surface area contributed by atoms with Crippen molar-refractivity contribution < 1.29 is 24.0 Å². The highest BCUT2D eigenvalue weighted by atomic mass is 35.5. The third-order valence-corrected chi connectivity index (χ3v) is 3.80. The first kappa shape index (κ1) is 18.7. The zero-order valence-electron chi connectivity index (χ0n) is 12.6. The average molecular weight is 386 g/mol. The first-order chi connectivity index (χ1) is 11.7. The van der Waals surface area contributed by atoms with E-state index in [0.717, 1.165) is 24.3 Å². The first-order valence-corrected chi connectivity index (χ1v) is 7.42. The lowest BCUT2D eigenvalue weighted by atomic mass is 10.1. The second-order valence-electron chi connectivity index (χ2n) is 4.79. The van der Waals surface area contributed by atoms with Crippen molar-refractivity contribution in [1.29, 1.82) is 0 Å². The van der Waals surface area contributed by atoms with Crippen LogP contribution in [0.15, 0.2) is 30.3 Å². The van der Waals surface area contributed by atoms with Gasteiger partial charge in [-0.3, -0.25) is 14.9 Å². The molecule has 130 valence electrons. The highest BCUT2D eigenvalue weighted by Crippen LogP contribution is 2.37. The summed E-state index contributed by atoms with van der Waals surface area (Å²) < 4.78 is 18.3. The number of benzene rings is 2. The Hall–Kier alpha value is -2.64. The van der Waals surface area contributed by atoms with Gasteiger partial charge in [-0.05, 0) is 29.8 Å². The quantitative estimate of drug-likeness (QED) is 0.266. The number of allylic oxidation sites excluding steroid dienone is 1. The third-order valence-electron chi connectivity index (χ3n) is 3.20. The number of hydrogen-bond acceptors (Lipinski definition) is 5. The second-order valence-corrected chi connectivity index (χ2v) is 5.61. The number of hydrogen-bond donors (Lipinski definition) is 1. The predicted molar refractivity (Wildman–Crippen MR) is 91.1 cm³/mol. The van der Waals surface area contributed by atoms with Gasteiger partial charge < -0.3 is 9.84 Å². The van der Waals surface area contributed by atoms with E-state index < -0.39 is 28.0 Å². The molecule has 0 aliphatic carbocycles. The Bertz CT molecular complexity index is 899. The van der Waals surface area contributed by atoms with E-state index in [-0.39, 0.29) is 26.9 Å². The van der Waals surface area contributed by atoms with Crippen LogP contribution in [0.1, 0.15) is 15.9 Å². The van der Waals surface area contributed by atoms with Crippen LogP contribution >= 0.6 is 23.2 Å². The lowest BCUT2D eigenvalue weighted by Gasteiger charge is -2.05. The lowest BCUT2D eigenvalue weighted by molar-refractivity contribution is -0.386. The molecular weight excluding hydrogens is 376 g/mol. The molecule has 0 amide bonds. The highest BCUT2D eigenvalue weighted by Gasteiger charge is 2.19. The van der Waals surface area contributed by atoms with Crippen LogP contribution in [0.5, 0.6) is 11.5 Å². The van der Waals surface area contributed by atoms with Crippen LogP contribution in [0.25, 0.3) is 6.08 Å². The molecule has 0 fully saturated rings. The maximum atomic E-state index is 13.5. The summed E-state index contributed by atoms with van der Waals surface area (Å²) >= 11 is 11.4. The number of nitrogens with zero attached hydrogens (tertiary/aromatic N) is 1. The van der Waals surface area contributed by atoms with Crippen molar-refractivity contribution in [3.05, 3.63) is 67.4 Å². The van der Waals surface area contributed by atoms with Crippen LogP contribution in [-0.2, 0) is 0 Å². The van der Waals surface area contributed by atoms with Gasteiger partial charge in [-0.25, -0.2) is 4.39 Å². The van der Waals surface area contributed by atoms with Crippen molar-refractivity contribution in [2.75, 3.05) is 7.11 Å². The number of ether oxygens (including phenoxy) is 1. The second kappa shape index (κ2) is 7.50. The molecule has 0 saturated heterocycles. The number of aromatic hydroxyl groups is 1. The van der Waals surface area contributed by atoms with Gasteiger partial charge in [0.25, 0.3) is 0 Å². The Morgan fingerprint density at radius 3 is 2.56 bits per heavy atom. The Kier molecular flexibility index (Phi) is 5.61. The molecule has 0 radical (unpaired) electrons. The fourth-order valence-electron chi connectivity index (χ4n) is 1.98. The minimum atomic E-state index is -0.801. The SMILES string of the molecule is COc1cc(/C=C/C(=O)c2cc(F)c(Cl)cc2Cl)cc([N+](=O)[O-])c1O. The lowest BCUT2D eigenvalue weighted by Crippen LogP contribution is -1.97. The molecule has 0 aliphatic rings. The van der Waals surface area contributed by atoms with Gasteiger partial charge in [0.15, 0.2) is 11.5 Å². The van der Waals surface area contributed by atoms with Crippen LogP contribution in [0.3, 0.4) is 0 Å². The summed E-state index contributed by atoms with van der Waals surface area (Å²) in [5.74, 6) is -2.18. The van der Waals surface area contributed by atoms with Crippen LogP contribution in [0, 0.1) is 15.9 Å². The fourth-order valence-corrected chi connectivity index (χ4v) is 2.45. The molecule has 0 spiro atoms. The molecular formula is C16H10Cl2FNO5. The molecule has 2 aromatic carbocycles. The zero-order valence-corrected chi connectivity index (χ0v) is 14.1. The Morgan fingerprint density at radius 2 is 1.96 bits per heavy atom. The van der Waals surface area contributed by atoms with Crippen molar-refractivity contribution in [2.24, 2.45) is 0 Å². The molecule has 25 heavy (non-hydrogen) atoms. The first-order valence-electron chi connectivity index (χ1n) is 6.67. The largest absolute Gasteiger partial charge is 0.500 e. The van der Waals surface area contributed by atoms with E-state index in [2.05, 4.69) is 0 Å². The maximum Gasteiger partial charge on any atom is 0.315 e. The molecule has 9 heteroatoms. The molecule has 0 saturated carbocycles. The number of halogens is 3. The molecule has 2 aromatic rings. The summed E-state index contributed by atoms with van der Waals surface area (Å²) in [5, 5.41) is 20.4. The molecule has 0 atom stereocenters. The van der Waals surface area contributed by atoms with Crippen molar-refractivity contribution in [2.45, 2.75) is 0 Å². The number of nitro groups is 1. The molecule has 0 heterocycles. The number of phenolic OH excluding ortho intramolecular Hbond substituents is 1. The smallest absolute Gasteiger partial charge is 0.315 e. The summed E-state index contributed by atoms with van der Waals surface area (Å²) in [7, 11) is 1.23. The van der Waals surface area contributed by atoms with Gasteiger partial charge in [0.2, 0.25) is 5.75 Å². The van der Waals surface area contributed by atoms with Gasteiger partial charge in [-0.1, -0.05) is 29.3 Å². The summed E-state index contributed by atoms with van der Waals surface area (Å²) in [5.41, 5.74) is -0.470. The Morgan fingerprint density at radius 1 is 1.28 bits per heavy atom. The molecule has 1 N–H and O–H groups in total. The van der Waals surface area contributed by atoms with Crippen molar-refractivity contribution in [3.63, 3.8) is 0 Å². The monoisotopic (exact) mass is 385 g/mol. The normalized spacial score (nSPS) is 10.9. The predicted octanol–water partition coefficient (Wildman–Crippen LogP) is 4.65. The molecule has 0 bridgehead atoms. The van der Waals surface area contributed by atoms with E-state index >= 15 is 0 Å². The van der Waals surface area contributed by atoms with E-state index in [9.17, 15) is 24.4 Å². The molecule has 0 aromatic heterocycles. The number of carbonyl (C=O) groups is 1. The number of carbonyl (C=O) groups excluding carboxylic acids is 1.